The van der Waals surface area contributed by atoms with E-state index in [9.17, 15) is 5.11 Å². The van der Waals surface area contributed by atoms with Crippen molar-refractivity contribution in [3.63, 3.8) is 0 Å². The lowest BCUT2D eigenvalue weighted by molar-refractivity contribution is 0.468. The van der Waals surface area contributed by atoms with E-state index < -0.39 is 0 Å². The Labute approximate surface area is 166 Å². The number of aromatic hydroxyl groups is 1. The summed E-state index contributed by atoms with van der Waals surface area (Å²) in [5, 5.41) is 20.7. The van der Waals surface area contributed by atoms with Gasteiger partial charge in [-0.25, -0.2) is 0 Å². The Balaban J connectivity index is 0.000000451. The van der Waals surface area contributed by atoms with Gasteiger partial charge in [-0.15, -0.1) is 0 Å². The third-order valence-corrected chi connectivity index (χ3v) is 4.61. The van der Waals surface area contributed by atoms with Gasteiger partial charge >= 0.3 is 0 Å². The molecule has 5 heteroatoms. The number of H-pyrrole nitrogens is 1. The molecule has 0 aliphatic carbocycles. The van der Waals surface area contributed by atoms with Crippen LogP contribution in [-0.4, -0.2) is 20.5 Å². The average Bonchev–Trinajstić information content (AvgIpc) is 3.27. The maximum Gasteiger partial charge on any atom is 0.126 e. The van der Waals surface area contributed by atoms with Gasteiger partial charge < -0.3 is 5.11 Å². The monoisotopic (exact) mass is 385 g/mol. The van der Waals surface area contributed by atoms with Crippen molar-refractivity contribution in [1.82, 2.24) is 15.4 Å². The zero-order chi connectivity index (χ0) is 19.5. The summed E-state index contributed by atoms with van der Waals surface area (Å²) in [6, 6.07) is 12.0. The normalized spacial score (nSPS) is 10.3. The fourth-order valence-corrected chi connectivity index (χ4v) is 2.99. The Morgan fingerprint density at radius 3 is 2.11 bits per heavy atom. The highest BCUT2D eigenvalue weighted by Gasteiger charge is 2.12. The van der Waals surface area contributed by atoms with E-state index in [1.807, 2.05) is 24.3 Å². The van der Waals surface area contributed by atoms with E-state index in [2.05, 4.69) is 41.4 Å². The summed E-state index contributed by atoms with van der Waals surface area (Å²) in [6.45, 7) is 4.39. The first-order valence-electron chi connectivity index (χ1n) is 9.56. The molecule has 0 saturated carbocycles. The first kappa shape index (κ1) is 21.0. The standard InChI is InChI=1S/C20H25ClO.C2H3N3/c1-3-5-7-15-13-17(8-6-4-2)20(22)19(14-15)16-9-11-18(21)12-10-16;1-2-4-5-3-1/h9-14,22H,3-8H2,1-2H3;1-2H,(H,3,4,5). The molecule has 0 saturated heterocycles. The second-order valence-corrected chi connectivity index (χ2v) is 6.96. The number of aryl methyl sites for hydroxylation is 2. The topological polar surface area (TPSA) is 61.8 Å². The van der Waals surface area contributed by atoms with Crippen LogP contribution in [-0.2, 0) is 12.8 Å². The van der Waals surface area contributed by atoms with Gasteiger partial charge in [-0.1, -0.05) is 56.5 Å². The molecule has 0 radical (unpaired) electrons. The molecular weight excluding hydrogens is 358 g/mol. The molecule has 0 aliphatic rings. The molecule has 1 heterocycles. The Kier molecular flexibility index (Phi) is 8.85. The number of unbranched alkanes of at least 4 members (excludes halogenated alkanes) is 2. The van der Waals surface area contributed by atoms with Crippen LogP contribution in [0.25, 0.3) is 11.1 Å². The van der Waals surface area contributed by atoms with Crippen molar-refractivity contribution in [2.45, 2.75) is 52.4 Å². The first-order valence-corrected chi connectivity index (χ1v) is 9.93. The van der Waals surface area contributed by atoms with Gasteiger partial charge in [0.05, 0.1) is 12.4 Å². The molecule has 2 aromatic carbocycles. The van der Waals surface area contributed by atoms with Gasteiger partial charge in [-0.2, -0.15) is 15.4 Å². The molecule has 3 rings (SSSR count). The predicted molar refractivity (Wildman–Crippen MR) is 112 cm³/mol. The van der Waals surface area contributed by atoms with Gasteiger partial charge in [0.25, 0.3) is 0 Å². The number of hydrogen-bond donors (Lipinski definition) is 2. The number of benzene rings is 2. The molecule has 0 spiro atoms. The fourth-order valence-electron chi connectivity index (χ4n) is 2.86. The van der Waals surface area contributed by atoms with Crippen molar-refractivity contribution in [3.8, 4) is 16.9 Å². The largest absolute Gasteiger partial charge is 0.507 e. The molecule has 0 amide bonds. The second-order valence-electron chi connectivity index (χ2n) is 6.52. The number of halogens is 1. The number of aromatic amines is 1. The number of hydrogen-bond acceptors (Lipinski definition) is 3. The van der Waals surface area contributed by atoms with Crippen molar-refractivity contribution >= 4 is 11.6 Å². The SMILES string of the molecule is CCCCc1cc(CCCC)c(O)c(-c2ccc(Cl)cc2)c1.c1cn[nH]n1. The molecule has 144 valence electrons. The van der Waals surface area contributed by atoms with Gasteiger partial charge in [0.15, 0.2) is 0 Å². The maximum absolute atomic E-state index is 10.7. The molecule has 3 aromatic rings. The molecule has 27 heavy (non-hydrogen) atoms. The molecule has 0 aliphatic heterocycles. The van der Waals surface area contributed by atoms with Crippen molar-refractivity contribution in [2.24, 2.45) is 0 Å². The molecule has 0 atom stereocenters. The van der Waals surface area contributed by atoms with Crippen molar-refractivity contribution in [1.29, 1.82) is 0 Å². The third kappa shape index (κ3) is 6.72. The van der Waals surface area contributed by atoms with E-state index in [-0.39, 0.29) is 0 Å². The quantitative estimate of drug-likeness (QED) is 0.508. The van der Waals surface area contributed by atoms with E-state index in [4.69, 9.17) is 11.6 Å². The Bertz CT molecular complexity index is 769. The zero-order valence-corrected chi connectivity index (χ0v) is 16.8. The summed E-state index contributed by atoms with van der Waals surface area (Å²) in [7, 11) is 0. The Morgan fingerprint density at radius 2 is 1.56 bits per heavy atom. The lowest BCUT2D eigenvalue weighted by atomic mass is 9.94. The van der Waals surface area contributed by atoms with Crippen LogP contribution < -0.4 is 0 Å². The number of phenols is 1. The first-order chi connectivity index (χ1) is 13.2. The number of aromatic nitrogens is 3. The number of phenolic OH excluding ortho intramolecular Hbond substituents is 1. The van der Waals surface area contributed by atoms with Gasteiger partial charge in [0.1, 0.15) is 5.75 Å². The summed E-state index contributed by atoms with van der Waals surface area (Å²) in [5.74, 6) is 0.427. The van der Waals surface area contributed by atoms with Crippen molar-refractivity contribution < 1.29 is 5.11 Å². The number of rotatable bonds is 7. The number of nitrogens with one attached hydrogen (secondary N) is 1. The number of nitrogens with zero attached hydrogens (tertiary/aromatic N) is 2. The smallest absolute Gasteiger partial charge is 0.126 e. The highest BCUT2D eigenvalue weighted by Crippen LogP contribution is 2.35. The van der Waals surface area contributed by atoms with Crippen molar-refractivity contribution in [2.75, 3.05) is 0 Å². The van der Waals surface area contributed by atoms with Gasteiger partial charge in [-0.05, 0) is 60.6 Å². The van der Waals surface area contributed by atoms with Crippen LogP contribution in [0.1, 0.15) is 50.7 Å². The van der Waals surface area contributed by atoms with Crippen molar-refractivity contribution in [3.05, 3.63) is 64.9 Å². The zero-order valence-electron chi connectivity index (χ0n) is 16.1. The summed E-state index contributed by atoms with van der Waals surface area (Å²) in [6.07, 6.45) is 9.76. The fraction of sp³-hybridized carbons (Fsp3) is 0.364. The van der Waals surface area contributed by atoms with E-state index in [0.717, 1.165) is 47.4 Å². The summed E-state index contributed by atoms with van der Waals surface area (Å²) < 4.78 is 0. The van der Waals surface area contributed by atoms with E-state index in [0.29, 0.717) is 5.75 Å². The highest BCUT2D eigenvalue weighted by molar-refractivity contribution is 6.30. The van der Waals surface area contributed by atoms with Crippen LogP contribution in [0.3, 0.4) is 0 Å². The highest BCUT2D eigenvalue weighted by atomic mass is 35.5. The van der Waals surface area contributed by atoms with Gasteiger partial charge in [0.2, 0.25) is 0 Å². The Morgan fingerprint density at radius 1 is 0.926 bits per heavy atom. The average molecular weight is 386 g/mol. The minimum Gasteiger partial charge on any atom is -0.507 e. The molecule has 1 aromatic heterocycles. The van der Waals surface area contributed by atoms with Gasteiger partial charge in [0, 0.05) is 10.6 Å². The lowest BCUT2D eigenvalue weighted by Crippen LogP contribution is -1.94. The Hall–Kier alpha value is -2.33. The van der Waals surface area contributed by atoms with Crippen LogP contribution in [0, 0.1) is 0 Å². The minimum absolute atomic E-state index is 0.427. The molecule has 0 bridgehead atoms. The van der Waals surface area contributed by atoms with E-state index in [1.165, 1.54) is 18.4 Å². The van der Waals surface area contributed by atoms with Crippen LogP contribution in [0.5, 0.6) is 5.75 Å². The van der Waals surface area contributed by atoms with Crippen LogP contribution in [0.2, 0.25) is 5.02 Å². The summed E-state index contributed by atoms with van der Waals surface area (Å²) >= 11 is 5.98. The molecular formula is C22H28ClN3O. The van der Waals surface area contributed by atoms with Crippen LogP contribution in [0.4, 0.5) is 0 Å². The van der Waals surface area contributed by atoms with Gasteiger partial charge in [-0.3, -0.25) is 0 Å². The lowest BCUT2D eigenvalue weighted by Gasteiger charge is -2.13. The van der Waals surface area contributed by atoms with E-state index >= 15 is 0 Å². The van der Waals surface area contributed by atoms with E-state index in [1.54, 1.807) is 12.4 Å². The predicted octanol–water partition coefficient (Wildman–Crippen LogP) is 6.20. The molecule has 0 fully saturated rings. The second kappa shape index (κ2) is 11.4. The summed E-state index contributed by atoms with van der Waals surface area (Å²) in [5.41, 5.74) is 4.34. The maximum atomic E-state index is 10.7. The minimum atomic E-state index is 0.427. The van der Waals surface area contributed by atoms with Crippen LogP contribution in [0.15, 0.2) is 48.8 Å². The molecule has 4 nitrogen and oxygen atoms in total. The molecule has 2 N–H and O–H groups in total. The third-order valence-electron chi connectivity index (χ3n) is 4.35. The van der Waals surface area contributed by atoms with Crippen LogP contribution >= 0.6 is 11.6 Å². The molecule has 0 unspecified atom stereocenters. The summed E-state index contributed by atoms with van der Waals surface area (Å²) in [4.78, 5) is 0.